The number of rotatable bonds is 5. The molecular formula is C15H18N4O. The summed E-state index contributed by atoms with van der Waals surface area (Å²) in [6.07, 6.45) is 3.20. The molecule has 0 aliphatic rings. The van der Waals surface area contributed by atoms with Gasteiger partial charge in [-0.2, -0.15) is 10.4 Å². The van der Waals surface area contributed by atoms with Gasteiger partial charge in [0.15, 0.2) is 5.82 Å². The fraction of sp³-hybridized carbons (Fsp3) is 0.400. The van der Waals surface area contributed by atoms with E-state index in [9.17, 15) is 5.26 Å². The minimum Gasteiger partial charge on any atom is -0.467 e. The summed E-state index contributed by atoms with van der Waals surface area (Å²) in [4.78, 5) is 1.89. The highest BCUT2D eigenvalue weighted by Crippen LogP contribution is 2.23. The smallest absolute Gasteiger partial charge is 0.169 e. The van der Waals surface area contributed by atoms with Crippen LogP contribution in [0.5, 0.6) is 0 Å². The highest BCUT2D eigenvalue weighted by Gasteiger charge is 2.17. The Bertz CT molecular complexity index is 614. The molecule has 5 nitrogen and oxygen atoms in total. The Morgan fingerprint density at radius 3 is 2.65 bits per heavy atom. The highest BCUT2D eigenvalue weighted by atomic mass is 16.3. The Morgan fingerprint density at radius 2 is 2.10 bits per heavy atom. The summed E-state index contributed by atoms with van der Waals surface area (Å²) in [6.45, 7) is 4.62. The molecule has 0 aliphatic carbocycles. The van der Waals surface area contributed by atoms with Gasteiger partial charge in [0, 0.05) is 7.05 Å². The third kappa shape index (κ3) is 2.64. The van der Waals surface area contributed by atoms with E-state index < -0.39 is 0 Å². The zero-order chi connectivity index (χ0) is 14.5. The molecule has 0 aliphatic heterocycles. The minimum atomic E-state index is 0.561. The first kappa shape index (κ1) is 14.1. The molecule has 0 saturated heterocycles. The average Bonchev–Trinajstić information content (AvgIpc) is 2.98. The summed E-state index contributed by atoms with van der Waals surface area (Å²) in [7, 11) is 1.89. The van der Waals surface area contributed by atoms with Crippen molar-refractivity contribution in [3.8, 4) is 6.07 Å². The molecule has 0 bridgehead atoms. The topological polar surface area (TPSA) is 66.0 Å². The lowest BCUT2D eigenvalue weighted by Crippen LogP contribution is -2.21. The molecule has 0 unspecified atom stereocenters. The van der Waals surface area contributed by atoms with Gasteiger partial charge in [0.25, 0.3) is 0 Å². The van der Waals surface area contributed by atoms with Crippen molar-refractivity contribution in [1.29, 1.82) is 5.26 Å². The summed E-state index contributed by atoms with van der Waals surface area (Å²) < 4.78 is 5.33. The van der Waals surface area contributed by atoms with Crippen LogP contribution in [0.25, 0.3) is 0 Å². The first-order valence-electron chi connectivity index (χ1n) is 6.73. The fourth-order valence-corrected chi connectivity index (χ4v) is 2.26. The number of aryl methyl sites for hydroxylation is 1. The first-order valence-corrected chi connectivity index (χ1v) is 6.73. The maximum Gasteiger partial charge on any atom is 0.169 e. The molecule has 2 aromatic rings. The Kier molecular flexibility index (Phi) is 4.36. The van der Waals surface area contributed by atoms with Crippen LogP contribution in [0.3, 0.4) is 0 Å². The van der Waals surface area contributed by atoms with Crippen LogP contribution in [0.2, 0.25) is 0 Å². The van der Waals surface area contributed by atoms with Gasteiger partial charge in [0.1, 0.15) is 17.4 Å². The fourth-order valence-electron chi connectivity index (χ4n) is 2.26. The van der Waals surface area contributed by atoms with Crippen LogP contribution in [-0.2, 0) is 19.4 Å². The number of anilines is 1. The van der Waals surface area contributed by atoms with Crippen molar-refractivity contribution in [2.45, 2.75) is 33.2 Å². The molecule has 0 radical (unpaired) electrons. The Morgan fingerprint density at radius 1 is 1.30 bits per heavy atom. The van der Waals surface area contributed by atoms with Gasteiger partial charge < -0.3 is 9.32 Å². The first-order chi connectivity index (χ1) is 9.71. The monoisotopic (exact) mass is 270 g/mol. The maximum atomic E-state index is 9.46. The number of hydrogen-bond donors (Lipinski definition) is 0. The van der Waals surface area contributed by atoms with Crippen molar-refractivity contribution in [2.24, 2.45) is 0 Å². The van der Waals surface area contributed by atoms with Crippen molar-refractivity contribution in [2.75, 3.05) is 11.9 Å². The number of aromatic nitrogens is 2. The molecule has 0 atom stereocenters. The van der Waals surface area contributed by atoms with Crippen LogP contribution in [-0.4, -0.2) is 17.2 Å². The molecule has 2 heterocycles. The standard InChI is InChI=1S/C15H18N4O/c1-4-12-13(9-16)15(18-17-14(12)5-2)19(3)10-11-7-6-8-20-11/h6-8H,4-5,10H2,1-3H3. The minimum absolute atomic E-state index is 0.561. The van der Waals surface area contributed by atoms with Gasteiger partial charge in [-0.05, 0) is 30.5 Å². The predicted octanol–water partition coefficient (Wildman–Crippen LogP) is 2.70. The zero-order valence-electron chi connectivity index (χ0n) is 12.1. The van der Waals surface area contributed by atoms with Gasteiger partial charge in [-0.1, -0.05) is 13.8 Å². The summed E-state index contributed by atoms with van der Waals surface area (Å²) in [5.41, 5.74) is 2.51. The van der Waals surface area contributed by atoms with Gasteiger partial charge in [-0.25, -0.2) is 0 Å². The molecule has 2 aromatic heterocycles. The van der Waals surface area contributed by atoms with E-state index in [4.69, 9.17) is 4.42 Å². The Labute approximate surface area is 118 Å². The van der Waals surface area contributed by atoms with Crippen LogP contribution in [0, 0.1) is 11.3 Å². The second-order valence-electron chi connectivity index (χ2n) is 4.58. The lowest BCUT2D eigenvalue weighted by atomic mass is 10.0. The largest absolute Gasteiger partial charge is 0.467 e. The number of furan rings is 1. The van der Waals surface area contributed by atoms with Crippen LogP contribution < -0.4 is 4.90 Å². The third-order valence-corrected chi connectivity index (χ3v) is 3.27. The van der Waals surface area contributed by atoms with E-state index in [2.05, 4.69) is 16.3 Å². The van der Waals surface area contributed by atoms with Crippen molar-refractivity contribution in [3.63, 3.8) is 0 Å². The molecule has 0 N–H and O–H groups in total. The molecule has 5 heteroatoms. The number of nitrogens with zero attached hydrogens (tertiary/aromatic N) is 4. The van der Waals surface area contributed by atoms with E-state index >= 15 is 0 Å². The quantitative estimate of drug-likeness (QED) is 0.835. The summed E-state index contributed by atoms with van der Waals surface area (Å²) >= 11 is 0. The molecular weight excluding hydrogens is 252 g/mol. The third-order valence-electron chi connectivity index (χ3n) is 3.27. The van der Waals surface area contributed by atoms with E-state index in [1.165, 1.54) is 0 Å². The Balaban J connectivity index is 2.38. The van der Waals surface area contributed by atoms with Crippen molar-refractivity contribution in [3.05, 3.63) is 41.0 Å². The average molecular weight is 270 g/mol. The molecule has 0 amide bonds. The van der Waals surface area contributed by atoms with Crippen LogP contribution in [0.4, 0.5) is 5.82 Å². The Hall–Kier alpha value is -2.35. The van der Waals surface area contributed by atoms with E-state index in [0.29, 0.717) is 17.9 Å². The SMILES string of the molecule is CCc1nnc(N(C)Cc2ccco2)c(C#N)c1CC. The van der Waals surface area contributed by atoms with Gasteiger partial charge >= 0.3 is 0 Å². The van der Waals surface area contributed by atoms with E-state index in [1.807, 2.05) is 37.9 Å². The summed E-state index contributed by atoms with van der Waals surface area (Å²) in [6, 6.07) is 6.02. The van der Waals surface area contributed by atoms with Crippen molar-refractivity contribution in [1.82, 2.24) is 10.2 Å². The van der Waals surface area contributed by atoms with Crippen LogP contribution >= 0.6 is 0 Å². The van der Waals surface area contributed by atoms with E-state index in [1.54, 1.807) is 6.26 Å². The highest BCUT2D eigenvalue weighted by molar-refractivity contribution is 5.57. The van der Waals surface area contributed by atoms with Gasteiger partial charge in [0.2, 0.25) is 0 Å². The second-order valence-corrected chi connectivity index (χ2v) is 4.58. The van der Waals surface area contributed by atoms with Gasteiger partial charge in [-0.3, -0.25) is 0 Å². The lowest BCUT2D eigenvalue weighted by Gasteiger charge is -2.19. The second kappa shape index (κ2) is 6.20. The van der Waals surface area contributed by atoms with E-state index in [-0.39, 0.29) is 0 Å². The lowest BCUT2D eigenvalue weighted by molar-refractivity contribution is 0.506. The molecule has 2 rings (SSSR count). The number of hydrogen-bond acceptors (Lipinski definition) is 5. The van der Waals surface area contributed by atoms with E-state index in [0.717, 1.165) is 29.9 Å². The molecule has 0 aromatic carbocycles. The van der Waals surface area contributed by atoms with Crippen LogP contribution in [0.15, 0.2) is 22.8 Å². The van der Waals surface area contributed by atoms with Crippen molar-refractivity contribution >= 4 is 5.82 Å². The molecule has 104 valence electrons. The van der Waals surface area contributed by atoms with Gasteiger partial charge in [0.05, 0.1) is 18.5 Å². The summed E-state index contributed by atoms with van der Waals surface area (Å²) in [5, 5.41) is 17.9. The van der Waals surface area contributed by atoms with Gasteiger partial charge in [-0.15, -0.1) is 5.10 Å². The predicted molar refractivity (Wildman–Crippen MR) is 76.3 cm³/mol. The maximum absolute atomic E-state index is 9.46. The van der Waals surface area contributed by atoms with Crippen LogP contribution in [0.1, 0.15) is 36.4 Å². The summed E-state index contributed by atoms with van der Waals surface area (Å²) in [5.74, 6) is 1.44. The number of nitriles is 1. The molecule has 0 spiro atoms. The van der Waals surface area contributed by atoms with Crippen molar-refractivity contribution < 1.29 is 4.42 Å². The molecule has 0 saturated carbocycles. The normalized spacial score (nSPS) is 10.3. The molecule has 0 fully saturated rings. The zero-order valence-corrected chi connectivity index (χ0v) is 12.1. The molecule has 20 heavy (non-hydrogen) atoms.